The zero-order chi connectivity index (χ0) is 17.1. The molecule has 0 saturated heterocycles. The standard InChI is InChI=1S/C15H14FIN2O3S/c1-7-12(14(21)19-22-3)15(23-13(7)8(2)20)18-11-5-4-9(17)6-10(11)16/h4-6,18H,1-3H3,(H,19,21). The number of nitrogens with one attached hydrogen (secondary N) is 2. The molecular formula is C15H14FIN2O3S. The largest absolute Gasteiger partial charge is 0.344 e. The molecule has 5 nitrogen and oxygen atoms in total. The first kappa shape index (κ1) is 17.8. The fraction of sp³-hybridized carbons (Fsp3) is 0.200. The van der Waals surface area contributed by atoms with Gasteiger partial charge in [0.15, 0.2) is 5.78 Å². The van der Waals surface area contributed by atoms with E-state index in [9.17, 15) is 14.0 Å². The van der Waals surface area contributed by atoms with Crippen LogP contribution in [-0.2, 0) is 4.84 Å². The molecule has 0 saturated carbocycles. The molecule has 0 unspecified atom stereocenters. The summed E-state index contributed by atoms with van der Waals surface area (Å²) in [4.78, 5) is 29.0. The molecule has 0 aliphatic rings. The first-order valence-corrected chi connectivity index (χ1v) is 8.44. The van der Waals surface area contributed by atoms with Crippen molar-refractivity contribution < 1.29 is 18.8 Å². The maximum atomic E-state index is 14.0. The lowest BCUT2D eigenvalue weighted by molar-refractivity contribution is 0.0538. The quantitative estimate of drug-likeness (QED) is 0.412. The number of amides is 1. The van der Waals surface area contributed by atoms with Crippen LogP contribution in [0, 0.1) is 16.3 Å². The molecule has 0 bridgehead atoms. The number of anilines is 2. The van der Waals surface area contributed by atoms with Crippen LogP contribution in [0.15, 0.2) is 18.2 Å². The van der Waals surface area contributed by atoms with Crippen molar-refractivity contribution in [3.8, 4) is 0 Å². The molecule has 0 radical (unpaired) electrons. The number of carbonyl (C=O) groups excluding carboxylic acids is 2. The smallest absolute Gasteiger partial charge is 0.278 e. The minimum Gasteiger partial charge on any atom is -0.344 e. The molecule has 1 aromatic heterocycles. The van der Waals surface area contributed by atoms with Crippen LogP contribution >= 0.6 is 33.9 Å². The third kappa shape index (κ3) is 3.88. The van der Waals surface area contributed by atoms with Crippen molar-refractivity contribution in [2.24, 2.45) is 0 Å². The van der Waals surface area contributed by atoms with Crippen LogP contribution in [0.25, 0.3) is 0 Å². The normalized spacial score (nSPS) is 10.5. The molecule has 0 aliphatic carbocycles. The van der Waals surface area contributed by atoms with Gasteiger partial charge >= 0.3 is 0 Å². The molecule has 0 fully saturated rings. The third-order valence-electron chi connectivity index (χ3n) is 3.07. The van der Waals surface area contributed by atoms with Crippen LogP contribution < -0.4 is 10.8 Å². The fourth-order valence-electron chi connectivity index (χ4n) is 2.07. The zero-order valence-electron chi connectivity index (χ0n) is 12.6. The molecule has 0 atom stereocenters. The molecule has 0 aliphatic heterocycles. The van der Waals surface area contributed by atoms with Crippen molar-refractivity contribution in [2.45, 2.75) is 13.8 Å². The minimum atomic E-state index is -0.498. The first-order valence-electron chi connectivity index (χ1n) is 6.54. The number of rotatable bonds is 5. The fourth-order valence-corrected chi connectivity index (χ4v) is 3.63. The average molecular weight is 448 g/mol. The highest BCUT2D eigenvalue weighted by atomic mass is 127. The third-order valence-corrected chi connectivity index (χ3v) is 5.05. The Morgan fingerprint density at radius 1 is 1.35 bits per heavy atom. The number of ketones is 1. The molecule has 2 N–H and O–H groups in total. The Labute approximate surface area is 150 Å². The van der Waals surface area contributed by atoms with Gasteiger partial charge in [0.25, 0.3) is 5.91 Å². The maximum Gasteiger partial charge on any atom is 0.278 e. The number of halogens is 2. The molecule has 122 valence electrons. The van der Waals surface area contributed by atoms with Gasteiger partial charge < -0.3 is 5.32 Å². The minimum absolute atomic E-state index is 0.157. The van der Waals surface area contributed by atoms with Gasteiger partial charge in [0.2, 0.25) is 0 Å². The summed E-state index contributed by atoms with van der Waals surface area (Å²) in [5.41, 5.74) is 3.25. The van der Waals surface area contributed by atoms with Crippen LogP contribution in [-0.4, -0.2) is 18.8 Å². The SMILES string of the molecule is CONC(=O)c1c(Nc2ccc(I)cc2F)sc(C(C)=O)c1C. The molecule has 1 heterocycles. The van der Waals surface area contributed by atoms with Crippen molar-refractivity contribution in [1.82, 2.24) is 5.48 Å². The van der Waals surface area contributed by atoms with Gasteiger partial charge in [0, 0.05) is 3.57 Å². The molecule has 0 spiro atoms. The number of hydroxylamine groups is 1. The molecule has 23 heavy (non-hydrogen) atoms. The molecule has 1 aromatic carbocycles. The van der Waals surface area contributed by atoms with Gasteiger partial charge in [0.05, 0.1) is 23.2 Å². The summed E-state index contributed by atoms with van der Waals surface area (Å²) < 4.78 is 14.8. The lowest BCUT2D eigenvalue weighted by atomic mass is 10.1. The number of carbonyl (C=O) groups is 2. The van der Waals surface area contributed by atoms with Crippen LogP contribution in [0.5, 0.6) is 0 Å². The Bertz CT molecular complexity index is 776. The summed E-state index contributed by atoms with van der Waals surface area (Å²) >= 11 is 3.12. The number of hydrogen-bond acceptors (Lipinski definition) is 5. The van der Waals surface area contributed by atoms with Crippen molar-refractivity contribution in [3.05, 3.63) is 43.6 Å². The van der Waals surface area contributed by atoms with E-state index in [-0.39, 0.29) is 17.0 Å². The van der Waals surface area contributed by atoms with E-state index in [1.165, 1.54) is 20.1 Å². The maximum absolute atomic E-state index is 14.0. The molecule has 2 aromatic rings. The lowest BCUT2D eigenvalue weighted by Gasteiger charge is -2.09. The van der Waals surface area contributed by atoms with Crippen molar-refractivity contribution in [3.63, 3.8) is 0 Å². The number of thiophene rings is 1. The van der Waals surface area contributed by atoms with Crippen LogP contribution in [0.3, 0.4) is 0 Å². The van der Waals surface area contributed by atoms with Gasteiger partial charge in [-0.2, -0.15) is 0 Å². The topological polar surface area (TPSA) is 67.4 Å². The van der Waals surface area contributed by atoms with E-state index < -0.39 is 11.7 Å². The van der Waals surface area contributed by atoms with E-state index in [2.05, 4.69) is 15.6 Å². The highest BCUT2D eigenvalue weighted by Crippen LogP contribution is 2.36. The predicted octanol–water partition coefficient (Wildman–Crippen LogP) is 4.04. The highest BCUT2D eigenvalue weighted by Gasteiger charge is 2.23. The van der Waals surface area contributed by atoms with Gasteiger partial charge in [-0.3, -0.25) is 14.4 Å². The summed E-state index contributed by atoms with van der Waals surface area (Å²) in [5, 5.41) is 3.29. The summed E-state index contributed by atoms with van der Waals surface area (Å²) in [6.07, 6.45) is 0. The summed E-state index contributed by atoms with van der Waals surface area (Å²) in [6.45, 7) is 3.10. The second-order valence-electron chi connectivity index (χ2n) is 4.70. The Morgan fingerprint density at radius 3 is 2.61 bits per heavy atom. The second-order valence-corrected chi connectivity index (χ2v) is 6.97. The number of hydrogen-bond donors (Lipinski definition) is 2. The van der Waals surface area contributed by atoms with Gasteiger partial charge in [-0.05, 0) is 60.2 Å². The monoisotopic (exact) mass is 448 g/mol. The van der Waals surface area contributed by atoms with Gasteiger partial charge in [0.1, 0.15) is 10.8 Å². The van der Waals surface area contributed by atoms with E-state index in [0.717, 1.165) is 14.9 Å². The van der Waals surface area contributed by atoms with Crippen molar-refractivity contribution >= 4 is 56.3 Å². The Morgan fingerprint density at radius 2 is 2.04 bits per heavy atom. The summed E-state index contributed by atoms with van der Waals surface area (Å²) in [6, 6.07) is 4.70. The van der Waals surface area contributed by atoms with E-state index in [4.69, 9.17) is 0 Å². The summed E-state index contributed by atoms with van der Waals surface area (Å²) in [5.74, 6) is -1.09. The number of Topliss-reactive ketones (excluding diaryl/α,β-unsaturated/α-hetero) is 1. The predicted molar refractivity (Wildman–Crippen MR) is 95.9 cm³/mol. The zero-order valence-corrected chi connectivity index (χ0v) is 15.6. The second kappa shape index (κ2) is 7.37. The Balaban J connectivity index is 2.49. The van der Waals surface area contributed by atoms with Gasteiger partial charge in [-0.15, -0.1) is 11.3 Å². The number of benzene rings is 1. The van der Waals surface area contributed by atoms with E-state index in [1.807, 2.05) is 22.6 Å². The van der Waals surface area contributed by atoms with E-state index in [1.54, 1.807) is 19.1 Å². The van der Waals surface area contributed by atoms with Gasteiger partial charge in [-0.1, -0.05) is 0 Å². The van der Waals surface area contributed by atoms with Gasteiger partial charge in [-0.25, -0.2) is 9.87 Å². The van der Waals surface area contributed by atoms with E-state index >= 15 is 0 Å². The van der Waals surface area contributed by atoms with E-state index in [0.29, 0.717) is 15.4 Å². The lowest BCUT2D eigenvalue weighted by Crippen LogP contribution is -2.23. The van der Waals surface area contributed by atoms with Crippen molar-refractivity contribution in [1.29, 1.82) is 0 Å². The molecule has 8 heteroatoms. The molecule has 2 rings (SSSR count). The van der Waals surface area contributed by atoms with Crippen LogP contribution in [0.1, 0.15) is 32.5 Å². The summed E-state index contributed by atoms with van der Waals surface area (Å²) in [7, 11) is 1.32. The van der Waals surface area contributed by atoms with Crippen molar-refractivity contribution in [2.75, 3.05) is 12.4 Å². The molecular weight excluding hydrogens is 434 g/mol. The Kier molecular flexibility index (Phi) is 5.71. The Hall–Kier alpha value is -1.52. The average Bonchev–Trinajstić information content (AvgIpc) is 2.79. The highest BCUT2D eigenvalue weighted by molar-refractivity contribution is 14.1. The van der Waals surface area contributed by atoms with Crippen LogP contribution in [0.4, 0.5) is 15.1 Å². The first-order chi connectivity index (χ1) is 10.8. The van der Waals surface area contributed by atoms with Crippen LogP contribution in [0.2, 0.25) is 0 Å². The molecule has 1 amide bonds.